The van der Waals surface area contributed by atoms with E-state index in [-0.39, 0.29) is 58.6 Å². The number of nitriles is 1. The first-order valence-electron chi connectivity index (χ1n) is 12.3. The van der Waals surface area contributed by atoms with Crippen LogP contribution in [-0.4, -0.2) is 18.8 Å². The summed E-state index contributed by atoms with van der Waals surface area (Å²) in [5.74, 6) is -1.13. The largest absolute Gasteiger partial charge is 0.457 e. The minimum Gasteiger partial charge on any atom is -0.457 e. The van der Waals surface area contributed by atoms with E-state index >= 15 is 0 Å². The Morgan fingerprint density at radius 3 is 2.37 bits per heavy atom. The van der Waals surface area contributed by atoms with E-state index in [0.717, 1.165) is 18.2 Å². The maximum Gasteiger partial charge on any atom is 0.417 e. The van der Waals surface area contributed by atoms with Gasteiger partial charge in [0.15, 0.2) is 5.78 Å². The van der Waals surface area contributed by atoms with Crippen molar-refractivity contribution < 1.29 is 40.1 Å². The zero-order chi connectivity index (χ0) is 29.3. The van der Waals surface area contributed by atoms with Crippen molar-refractivity contribution >= 4 is 15.9 Å². The van der Waals surface area contributed by atoms with E-state index in [1.165, 1.54) is 18.2 Å². The minimum absolute atomic E-state index is 0.0127. The van der Waals surface area contributed by atoms with Crippen LogP contribution in [0.15, 0.2) is 65.6 Å². The lowest BCUT2D eigenvalue weighted by molar-refractivity contribution is -0.139. The van der Waals surface area contributed by atoms with Crippen LogP contribution in [0.25, 0.3) is 22.3 Å². The lowest BCUT2D eigenvalue weighted by atomic mass is 9.88. The SMILES string of the molecule is N#Cc1cc(F)cc(Oc2ccc(-c3c4c(cc(C(F)(F)F)c3S(=O)(=O)O)-c3ccccc3C4)c3c2CCC3=O)c1. The summed E-state index contributed by atoms with van der Waals surface area (Å²) in [5.41, 5.74) is -0.274. The Kier molecular flexibility index (Phi) is 6.02. The first kappa shape index (κ1) is 26.7. The first-order valence-corrected chi connectivity index (χ1v) is 13.7. The number of benzene rings is 4. The quantitative estimate of drug-likeness (QED) is 0.180. The summed E-state index contributed by atoms with van der Waals surface area (Å²) in [6, 6.07) is 15.2. The lowest BCUT2D eigenvalue weighted by Crippen LogP contribution is -2.16. The number of ketones is 1. The van der Waals surface area contributed by atoms with Gasteiger partial charge in [-0.25, -0.2) is 4.39 Å². The number of rotatable bonds is 4. The maximum atomic E-state index is 14.4. The number of ether oxygens (including phenoxy) is 1. The average molecular weight is 580 g/mol. The van der Waals surface area contributed by atoms with E-state index in [9.17, 15) is 35.3 Å². The molecule has 4 aromatic carbocycles. The van der Waals surface area contributed by atoms with Gasteiger partial charge in [-0.15, -0.1) is 0 Å². The first-order chi connectivity index (χ1) is 19.4. The van der Waals surface area contributed by atoms with E-state index in [1.54, 1.807) is 30.3 Å². The summed E-state index contributed by atoms with van der Waals surface area (Å²) in [5, 5.41) is 9.15. The van der Waals surface area contributed by atoms with Crippen molar-refractivity contribution in [2.45, 2.75) is 30.3 Å². The molecule has 11 heteroatoms. The predicted octanol–water partition coefficient (Wildman–Crippen LogP) is 7.12. The summed E-state index contributed by atoms with van der Waals surface area (Å²) in [6.45, 7) is 0. The van der Waals surface area contributed by atoms with Crippen molar-refractivity contribution in [1.82, 2.24) is 0 Å². The number of carbonyl (C=O) groups excluding carboxylic acids is 1. The van der Waals surface area contributed by atoms with Gasteiger partial charge in [0.25, 0.3) is 10.1 Å². The molecule has 4 aromatic rings. The maximum absolute atomic E-state index is 14.4. The molecule has 6 nitrogen and oxygen atoms in total. The number of carbonyl (C=O) groups is 1. The molecule has 0 saturated heterocycles. The molecule has 0 aromatic heterocycles. The Hall–Kier alpha value is -4.53. The van der Waals surface area contributed by atoms with Gasteiger partial charge in [0.05, 0.1) is 17.2 Å². The topological polar surface area (TPSA) is 104 Å². The number of fused-ring (bicyclic) bond motifs is 4. The molecule has 0 fully saturated rings. The summed E-state index contributed by atoms with van der Waals surface area (Å²) < 4.78 is 98.3. The molecule has 0 bridgehead atoms. The number of Topliss-reactive ketones (excluding diaryl/α,β-unsaturated/α-hetero) is 1. The highest BCUT2D eigenvalue weighted by Crippen LogP contribution is 2.51. The summed E-state index contributed by atoms with van der Waals surface area (Å²) in [4.78, 5) is 11.9. The molecule has 41 heavy (non-hydrogen) atoms. The van der Waals surface area contributed by atoms with Crippen molar-refractivity contribution in [3.63, 3.8) is 0 Å². The predicted molar refractivity (Wildman–Crippen MR) is 139 cm³/mol. The van der Waals surface area contributed by atoms with Gasteiger partial charge in [-0.2, -0.15) is 26.9 Å². The van der Waals surface area contributed by atoms with Crippen molar-refractivity contribution in [2.75, 3.05) is 0 Å². The number of hydrogen-bond acceptors (Lipinski definition) is 5. The van der Waals surface area contributed by atoms with E-state index in [0.29, 0.717) is 16.7 Å². The number of halogens is 4. The fourth-order valence-corrected chi connectivity index (χ4v) is 6.64. The molecule has 0 saturated carbocycles. The van der Waals surface area contributed by atoms with E-state index < -0.39 is 43.9 Å². The summed E-state index contributed by atoms with van der Waals surface area (Å²) in [6.07, 6.45) is -4.99. The molecule has 2 aliphatic rings. The minimum atomic E-state index is -5.45. The summed E-state index contributed by atoms with van der Waals surface area (Å²) in [7, 11) is -5.45. The fraction of sp³-hybridized carbons (Fsp3) is 0.133. The van der Waals surface area contributed by atoms with Gasteiger partial charge >= 0.3 is 6.18 Å². The van der Waals surface area contributed by atoms with Gasteiger partial charge in [-0.05, 0) is 71.0 Å². The van der Waals surface area contributed by atoms with Crippen LogP contribution in [0.5, 0.6) is 11.5 Å². The van der Waals surface area contributed by atoms with Crippen LogP contribution in [-0.2, 0) is 29.1 Å². The molecular weight excluding hydrogens is 562 g/mol. The Morgan fingerprint density at radius 1 is 0.902 bits per heavy atom. The molecule has 0 spiro atoms. The van der Waals surface area contributed by atoms with E-state index in [4.69, 9.17) is 10.00 Å². The Labute approximate surface area is 231 Å². The molecule has 0 heterocycles. The van der Waals surface area contributed by atoms with Gasteiger partial charge in [-0.1, -0.05) is 24.3 Å². The highest BCUT2D eigenvalue weighted by molar-refractivity contribution is 7.86. The monoisotopic (exact) mass is 579 g/mol. The third kappa shape index (κ3) is 4.45. The van der Waals surface area contributed by atoms with Crippen LogP contribution in [0.2, 0.25) is 0 Å². The third-order valence-electron chi connectivity index (χ3n) is 7.27. The normalized spacial score (nSPS) is 13.9. The van der Waals surface area contributed by atoms with Gasteiger partial charge < -0.3 is 4.74 Å². The lowest BCUT2D eigenvalue weighted by Gasteiger charge is -2.21. The van der Waals surface area contributed by atoms with Crippen LogP contribution >= 0.6 is 0 Å². The van der Waals surface area contributed by atoms with Crippen molar-refractivity contribution in [1.29, 1.82) is 5.26 Å². The molecule has 2 aliphatic carbocycles. The molecule has 0 unspecified atom stereocenters. The summed E-state index contributed by atoms with van der Waals surface area (Å²) >= 11 is 0. The molecule has 0 radical (unpaired) electrons. The number of alkyl halides is 3. The number of nitrogens with zero attached hydrogens (tertiary/aromatic N) is 1. The standard InChI is InChI=1S/C30H17F4NO5S/c31-17-9-15(14-35)10-18(12-17)40-26-8-6-21(27-20(26)5-7-25(27)36)28-23-11-16-3-1-2-4-19(16)22(23)13-24(30(32,33)34)29(28)41(37,38)39/h1-4,6,8-10,12-13H,5,7,11H2,(H,37,38,39). The van der Waals surface area contributed by atoms with Crippen molar-refractivity contribution in [3.8, 4) is 39.8 Å². The number of hydrogen-bond donors (Lipinski definition) is 1. The van der Waals surface area contributed by atoms with Crippen LogP contribution in [0.4, 0.5) is 17.6 Å². The molecule has 1 N–H and O–H groups in total. The second-order valence-corrected chi connectivity index (χ2v) is 11.1. The zero-order valence-electron chi connectivity index (χ0n) is 20.8. The Morgan fingerprint density at radius 2 is 1.66 bits per heavy atom. The molecule has 0 aliphatic heterocycles. The second kappa shape index (κ2) is 9.26. The fourth-order valence-electron chi connectivity index (χ4n) is 5.69. The van der Waals surface area contributed by atoms with Gasteiger partial charge in [0, 0.05) is 29.2 Å². The van der Waals surface area contributed by atoms with Crippen LogP contribution in [0.3, 0.4) is 0 Å². The van der Waals surface area contributed by atoms with E-state index in [2.05, 4.69) is 0 Å². The average Bonchev–Trinajstić information content (AvgIpc) is 3.47. The zero-order valence-corrected chi connectivity index (χ0v) is 21.7. The Bertz CT molecular complexity index is 1960. The van der Waals surface area contributed by atoms with Gasteiger partial charge in [0.1, 0.15) is 22.2 Å². The van der Waals surface area contributed by atoms with E-state index in [1.807, 2.05) is 0 Å². The molecular formula is C30H17F4NO5S. The van der Waals surface area contributed by atoms with Crippen molar-refractivity contribution in [2.24, 2.45) is 0 Å². The Balaban J connectivity index is 1.65. The van der Waals surface area contributed by atoms with Crippen LogP contribution < -0.4 is 4.74 Å². The van der Waals surface area contributed by atoms with Gasteiger partial charge in [0.2, 0.25) is 0 Å². The second-order valence-electron chi connectivity index (χ2n) is 9.74. The third-order valence-corrected chi connectivity index (χ3v) is 8.21. The highest BCUT2D eigenvalue weighted by Gasteiger charge is 2.43. The molecule has 0 amide bonds. The van der Waals surface area contributed by atoms with Crippen molar-refractivity contribution in [3.05, 3.63) is 99.9 Å². The smallest absolute Gasteiger partial charge is 0.417 e. The molecule has 0 atom stereocenters. The van der Waals surface area contributed by atoms with Gasteiger partial charge in [-0.3, -0.25) is 9.35 Å². The van der Waals surface area contributed by atoms with Crippen LogP contribution in [0.1, 0.15) is 44.6 Å². The molecule has 206 valence electrons. The molecule has 6 rings (SSSR count). The van der Waals surface area contributed by atoms with Crippen LogP contribution in [0, 0.1) is 17.1 Å². The highest BCUT2D eigenvalue weighted by atomic mass is 32.2.